The molecule has 4 N–H and O–H groups in total. The molecule has 4 saturated carbocycles. The summed E-state index contributed by atoms with van der Waals surface area (Å²) in [5.74, 6) is 2.17. The lowest BCUT2D eigenvalue weighted by molar-refractivity contribution is -0.207. The van der Waals surface area contributed by atoms with E-state index in [4.69, 9.17) is 0 Å². The van der Waals surface area contributed by atoms with E-state index in [-0.39, 0.29) is 41.0 Å². The Bertz CT molecular complexity index is 746. The fourth-order valence-electron chi connectivity index (χ4n) is 9.40. The fourth-order valence-corrected chi connectivity index (χ4v) is 9.40. The molecule has 1 amide bonds. The third-order valence-corrected chi connectivity index (χ3v) is 11.5. The Labute approximate surface area is 213 Å². The van der Waals surface area contributed by atoms with Gasteiger partial charge in [0.1, 0.15) is 0 Å². The Morgan fingerprint density at radius 2 is 1.80 bits per heavy atom. The molecule has 0 aromatic rings. The van der Waals surface area contributed by atoms with Crippen molar-refractivity contribution in [3.8, 4) is 0 Å². The molecule has 6 heteroatoms. The minimum absolute atomic E-state index is 0.111. The lowest BCUT2D eigenvalue weighted by Gasteiger charge is -2.63. The van der Waals surface area contributed by atoms with Crippen molar-refractivity contribution in [2.45, 2.75) is 103 Å². The van der Waals surface area contributed by atoms with Crippen LogP contribution in [0, 0.1) is 46.3 Å². The van der Waals surface area contributed by atoms with Gasteiger partial charge in [0.25, 0.3) is 0 Å². The van der Waals surface area contributed by atoms with E-state index in [1.165, 1.54) is 0 Å². The first-order valence-electron chi connectivity index (χ1n) is 14.4. The first kappa shape index (κ1) is 27.3. The summed E-state index contributed by atoms with van der Waals surface area (Å²) in [5.41, 5.74) is -0.0824. The second-order valence-corrected chi connectivity index (χ2v) is 13.5. The van der Waals surface area contributed by atoms with Crippen LogP contribution in [0.2, 0.25) is 0 Å². The Morgan fingerprint density at radius 1 is 1.06 bits per heavy atom. The molecular weight excluding hydrogens is 440 g/mol. The molecule has 4 rings (SSSR count). The monoisotopic (exact) mass is 492 g/mol. The Morgan fingerprint density at radius 3 is 2.51 bits per heavy atom. The standard InChI is InChI=1S/C29H52N2O4/c1-18(7-10-26(35)30-13-6-14-31(4)5)21-8-9-22-27-23(17-25(34)29(21,22)3)28(2)12-11-20(32)15-19(28)16-24(27)33/h18-25,27,32-34H,6-17H2,1-5H3,(H,30,35)/t18-,19+,20-,21-,22+,23+,24-,25+,27+,28+,29-/m1/s1. The van der Waals surface area contributed by atoms with Gasteiger partial charge in [-0.2, -0.15) is 0 Å². The van der Waals surface area contributed by atoms with Crippen molar-refractivity contribution in [1.29, 1.82) is 0 Å². The number of rotatable bonds is 8. The topological polar surface area (TPSA) is 93.0 Å². The molecule has 0 aliphatic heterocycles. The minimum Gasteiger partial charge on any atom is -0.393 e. The van der Waals surface area contributed by atoms with Gasteiger partial charge >= 0.3 is 0 Å². The van der Waals surface area contributed by atoms with E-state index in [1.807, 2.05) is 14.1 Å². The molecule has 4 aliphatic rings. The number of aliphatic hydroxyl groups is 3. The van der Waals surface area contributed by atoms with Gasteiger partial charge in [-0.15, -0.1) is 0 Å². The summed E-state index contributed by atoms with van der Waals surface area (Å²) >= 11 is 0. The predicted molar refractivity (Wildman–Crippen MR) is 139 cm³/mol. The predicted octanol–water partition coefficient (Wildman–Crippen LogP) is 3.43. The van der Waals surface area contributed by atoms with Crippen molar-refractivity contribution in [3.05, 3.63) is 0 Å². The van der Waals surface area contributed by atoms with E-state index >= 15 is 0 Å². The van der Waals surface area contributed by atoms with Crippen LogP contribution in [-0.4, -0.2) is 71.6 Å². The largest absolute Gasteiger partial charge is 0.393 e. The van der Waals surface area contributed by atoms with Crippen LogP contribution in [0.15, 0.2) is 0 Å². The van der Waals surface area contributed by atoms with Crippen LogP contribution in [-0.2, 0) is 4.79 Å². The maximum atomic E-state index is 12.4. The van der Waals surface area contributed by atoms with E-state index in [1.54, 1.807) is 0 Å². The molecule has 0 aromatic heterocycles. The zero-order chi connectivity index (χ0) is 25.5. The summed E-state index contributed by atoms with van der Waals surface area (Å²) in [7, 11) is 4.09. The number of carbonyl (C=O) groups is 1. The second kappa shape index (κ2) is 10.6. The molecule has 0 unspecified atom stereocenters. The summed E-state index contributed by atoms with van der Waals surface area (Å²) in [5, 5.41) is 36.5. The Kier molecular flexibility index (Phi) is 8.27. The second-order valence-electron chi connectivity index (χ2n) is 13.5. The average Bonchev–Trinajstić information content (AvgIpc) is 3.15. The third-order valence-electron chi connectivity index (χ3n) is 11.5. The number of nitrogens with one attached hydrogen (secondary N) is 1. The first-order valence-corrected chi connectivity index (χ1v) is 14.4. The maximum absolute atomic E-state index is 12.4. The number of hydrogen-bond donors (Lipinski definition) is 4. The summed E-state index contributed by atoms with van der Waals surface area (Å²) in [6.07, 6.45) is 7.81. The number of carbonyl (C=O) groups excluding carboxylic acids is 1. The Hall–Kier alpha value is -0.690. The quantitative estimate of drug-likeness (QED) is 0.390. The van der Waals surface area contributed by atoms with Crippen LogP contribution in [0.5, 0.6) is 0 Å². The van der Waals surface area contributed by atoms with Crippen LogP contribution >= 0.6 is 0 Å². The van der Waals surface area contributed by atoms with Crippen molar-refractivity contribution in [2.24, 2.45) is 46.3 Å². The highest BCUT2D eigenvalue weighted by Crippen LogP contribution is 2.68. The van der Waals surface area contributed by atoms with Crippen molar-refractivity contribution < 1.29 is 20.1 Å². The van der Waals surface area contributed by atoms with E-state index in [2.05, 4.69) is 31.0 Å². The SMILES string of the molecule is C[C@H](CCC(=O)NCCCN(C)C)[C@H]1CC[C@H]2[C@@H]3[C@H](O)C[C@@H]4C[C@H](O)CC[C@]4(C)[C@H]3C[C@H](O)[C@]12C. The van der Waals surface area contributed by atoms with E-state index in [0.29, 0.717) is 36.0 Å². The average molecular weight is 493 g/mol. The third kappa shape index (κ3) is 5.06. The van der Waals surface area contributed by atoms with E-state index in [0.717, 1.165) is 70.9 Å². The van der Waals surface area contributed by atoms with Crippen LogP contribution in [0.25, 0.3) is 0 Å². The number of amides is 1. The van der Waals surface area contributed by atoms with Crippen molar-refractivity contribution >= 4 is 5.91 Å². The van der Waals surface area contributed by atoms with Gasteiger partial charge in [0.05, 0.1) is 18.3 Å². The molecular formula is C29H52N2O4. The van der Waals surface area contributed by atoms with Gasteiger partial charge in [0.2, 0.25) is 5.91 Å². The number of hydrogen-bond acceptors (Lipinski definition) is 5. The first-order chi connectivity index (χ1) is 16.5. The van der Waals surface area contributed by atoms with E-state index in [9.17, 15) is 20.1 Å². The highest BCUT2D eigenvalue weighted by Gasteiger charge is 2.65. The van der Waals surface area contributed by atoms with E-state index < -0.39 is 0 Å². The molecule has 0 spiro atoms. The number of fused-ring (bicyclic) bond motifs is 5. The lowest BCUT2D eigenvalue weighted by atomic mass is 9.43. The highest BCUT2D eigenvalue weighted by atomic mass is 16.3. The zero-order valence-electron chi connectivity index (χ0n) is 22.9. The van der Waals surface area contributed by atoms with Crippen LogP contribution in [0.1, 0.15) is 85.0 Å². The number of nitrogens with zero attached hydrogens (tertiary/aromatic N) is 1. The lowest BCUT2D eigenvalue weighted by Crippen LogP contribution is -2.62. The maximum Gasteiger partial charge on any atom is 0.220 e. The van der Waals surface area contributed by atoms with Crippen molar-refractivity contribution in [1.82, 2.24) is 10.2 Å². The highest BCUT2D eigenvalue weighted by molar-refractivity contribution is 5.75. The molecule has 35 heavy (non-hydrogen) atoms. The van der Waals surface area contributed by atoms with Crippen molar-refractivity contribution in [3.63, 3.8) is 0 Å². The smallest absolute Gasteiger partial charge is 0.220 e. The van der Waals surface area contributed by atoms with Gasteiger partial charge in [0.15, 0.2) is 0 Å². The summed E-state index contributed by atoms with van der Waals surface area (Å²) in [6.45, 7) is 8.65. The molecule has 0 bridgehead atoms. The molecule has 0 aromatic carbocycles. The zero-order valence-corrected chi connectivity index (χ0v) is 22.9. The summed E-state index contributed by atoms with van der Waals surface area (Å²) in [4.78, 5) is 14.6. The molecule has 6 nitrogen and oxygen atoms in total. The molecule has 0 heterocycles. The summed E-state index contributed by atoms with van der Waals surface area (Å²) < 4.78 is 0. The molecule has 4 aliphatic carbocycles. The fraction of sp³-hybridized carbons (Fsp3) is 0.966. The van der Waals surface area contributed by atoms with Crippen LogP contribution in [0.3, 0.4) is 0 Å². The normalized spacial score (nSPS) is 46.0. The molecule has 4 fully saturated rings. The van der Waals surface area contributed by atoms with Gasteiger partial charge in [0, 0.05) is 13.0 Å². The molecule has 202 valence electrons. The van der Waals surface area contributed by atoms with Crippen molar-refractivity contribution in [2.75, 3.05) is 27.2 Å². The van der Waals surface area contributed by atoms with Gasteiger partial charge < -0.3 is 25.5 Å². The van der Waals surface area contributed by atoms with Crippen LogP contribution < -0.4 is 5.32 Å². The number of aliphatic hydroxyl groups excluding tert-OH is 3. The van der Waals surface area contributed by atoms with Gasteiger partial charge in [-0.3, -0.25) is 4.79 Å². The van der Waals surface area contributed by atoms with Gasteiger partial charge in [-0.25, -0.2) is 0 Å². The molecule has 11 atom stereocenters. The Balaban J connectivity index is 1.41. The summed E-state index contributed by atoms with van der Waals surface area (Å²) in [6, 6.07) is 0. The van der Waals surface area contributed by atoms with Gasteiger partial charge in [-0.1, -0.05) is 20.8 Å². The molecule has 0 radical (unpaired) electrons. The molecule has 0 saturated heterocycles. The minimum atomic E-state index is -0.363. The van der Waals surface area contributed by atoms with Crippen LogP contribution in [0.4, 0.5) is 0 Å². The van der Waals surface area contributed by atoms with Gasteiger partial charge in [-0.05, 0) is 125 Å².